The van der Waals surface area contributed by atoms with Crippen molar-refractivity contribution in [2.75, 3.05) is 0 Å². The van der Waals surface area contributed by atoms with Crippen LogP contribution >= 0.6 is 0 Å². The van der Waals surface area contributed by atoms with E-state index in [4.69, 9.17) is 0 Å². The number of tetrazole rings is 1. The summed E-state index contributed by atoms with van der Waals surface area (Å²) in [6, 6.07) is 0. The molecule has 62 valence electrons. The fourth-order valence-corrected chi connectivity index (χ4v) is 1.14. The minimum absolute atomic E-state index is 0.542. The first-order valence-electron chi connectivity index (χ1n) is 3.58. The first kappa shape index (κ1) is 6.35. The molecule has 0 fully saturated rings. The molecule has 0 bridgehead atoms. The molecule has 0 aliphatic rings. The highest BCUT2D eigenvalue weighted by molar-refractivity contribution is 5.87. The maximum atomic E-state index is 4.07. The second-order valence-electron chi connectivity index (χ2n) is 2.46. The monoisotopic (exact) mass is 173 g/mol. The lowest BCUT2D eigenvalue weighted by Gasteiger charge is -1.93. The summed E-state index contributed by atoms with van der Waals surface area (Å²) in [6.45, 7) is 0. The summed E-state index contributed by atoms with van der Waals surface area (Å²) in [5, 5.41) is 15.7. The molecule has 0 spiro atoms. The zero-order chi connectivity index (χ0) is 8.67. The van der Waals surface area contributed by atoms with Crippen LogP contribution in [0.1, 0.15) is 0 Å². The van der Waals surface area contributed by atoms with Gasteiger partial charge in [-0.05, 0) is 10.4 Å². The molecule has 0 N–H and O–H groups in total. The van der Waals surface area contributed by atoms with Crippen LogP contribution in [0.4, 0.5) is 0 Å². The van der Waals surface area contributed by atoms with Crippen molar-refractivity contribution in [3.05, 3.63) is 18.7 Å². The third-order valence-corrected chi connectivity index (χ3v) is 1.71. The molecule has 7 nitrogen and oxygen atoms in total. The van der Waals surface area contributed by atoms with Gasteiger partial charge < -0.3 is 0 Å². The molecule has 0 saturated carbocycles. The van der Waals surface area contributed by atoms with Gasteiger partial charge in [0, 0.05) is 11.6 Å². The smallest absolute Gasteiger partial charge is 0.226 e. The van der Waals surface area contributed by atoms with E-state index in [0.717, 1.165) is 5.39 Å². The number of aromatic nitrogens is 7. The van der Waals surface area contributed by atoms with E-state index in [0.29, 0.717) is 11.2 Å². The largest absolute Gasteiger partial charge is 0.244 e. The molecule has 0 saturated heterocycles. The van der Waals surface area contributed by atoms with E-state index in [-0.39, 0.29) is 0 Å². The minimum atomic E-state index is 0.542. The molecule has 0 amide bonds. The predicted octanol–water partition coefficient (Wildman–Crippen LogP) is -0.538. The van der Waals surface area contributed by atoms with E-state index < -0.39 is 0 Å². The molecule has 0 aliphatic carbocycles. The summed E-state index contributed by atoms with van der Waals surface area (Å²) in [5.74, 6) is 0. The number of rotatable bonds is 0. The van der Waals surface area contributed by atoms with Gasteiger partial charge in [-0.2, -0.15) is 5.10 Å². The van der Waals surface area contributed by atoms with Crippen LogP contribution in [0.15, 0.2) is 18.7 Å². The second kappa shape index (κ2) is 2.16. The van der Waals surface area contributed by atoms with Gasteiger partial charge in [0.05, 0.1) is 6.20 Å². The average Bonchev–Trinajstić information content (AvgIpc) is 2.65. The van der Waals surface area contributed by atoms with Crippen molar-refractivity contribution in [2.45, 2.75) is 0 Å². The van der Waals surface area contributed by atoms with Crippen molar-refractivity contribution >= 4 is 16.6 Å². The third kappa shape index (κ3) is 0.776. The molecule has 3 aromatic rings. The molecule has 13 heavy (non-hydrogen) atoms. The lowest BCUT2D eigenvalue weighted by Crippen LogP contribution is -1.95. The average molecular weight is 173 g/mol. The Kier molecular flexibility index (Phi) is 1.05. The zero-order valence-corrected chi connectivity index (χ0v) is 6.36. The van der Waals surface area contributed by atoms with Gasteiger partial charge >= 0.3 is 0 Å². The maximum Gasteiger partial charge on any atom is 0.226 e. The van der Waals surface area contributed by atoms with Crippen LogP contribution in [0.2, 0.25) is 0 Å². The fourth-order valence-electron chi connectivity index (χ4n) is 1.14. The van der Waals surface area contributed by atoms with Gasteiger partial charge in [-0.25, -0.2) is 9.97 Å². The van der Waals surface area contributed by atoms with Crippen molar-refractivity contribution in [3.63, 3.8) is 0 Å². The Balaban J connectivity index is 2.65. The Morgan fingerprint density at radius 2 is 2.23 bits per heavy atom. The highest BCUT2D eigenvalue weighted by Crippen LogP contribution is 2.10. The van der Waals surface area contributed by atoms with E-state index in [1.165, 1.54) is 11.0 Å². The van der Waals surface area contributed by atoms with Crippen molar-refractivity contribution in [3.8, 4) is 0 Å². The van der Waals surface area contributed by atoms with Gasteiger partial charge in [-0.1, -0.05) is 0 Å². The van der Waals surface area contributed by atoms with E-state index in [1.807, 2.05) is 0 Å². The zero-order valence-electron chi connectivity index (χ0n) is 6.36. The Hall–Kier alpha value is -2.18. The van der Waals surface area contributed by atoms with Crippen molar-refractivity contribution in [1.82, 2.24) is 35.2 Å². The summed E-state index contributed by atoms with van der Waals surface area (Å²) < 4.78 is 1.33. The quantitative estimate of drug-likeness (QED) is 0.454. The maximum absolute atomic E-state index is 4.07. The standard InChI is InChI=1S/C6H3N7/c1-4-2-9-13-6(10-11-12-13)5(4)8-3-7-1/h1-3H. The van der Waals surface area contributed by atoms with Gasteiger partial charge in [-0.3, -0.25) is 0 Å². The SMILES string of the molecule is c1ncc2cnn3nnnc3c2n1. The summed E-state index contributed by atoms with van der Waals surface area (Å²) in [4.78, 5) is 7.94. The molecule has 3 rings (SSSR count). The highest BCUT2D eigenvalue weighted by atomic mass is 15.6. The Morgan fingerprint density at radius 3 is 3.23 bits per heavy atom. The molecular weight excluding hydrogens is 170 g/mol. The lowest BCUT2D eigenvalue weighted by atomic mass is 10.3. The Morgan fingerprint density at radius 1 is 1.23 bits per heavy atom. The molecule has 7 heteroatoms. The number of hydrogen-bond acceptors (Lipinski definition) is 6. The van der Waals surface area contributed by atoms with Crippen molar-refractivity contribution < 1.29 is 0 Å². The summed E-state index contributed by atoms with van der Waals surface area (Å²) in [6.07, 6.45) is 4.75. The molecule has 0 atom stereocenters. The summed E-state index contributed by atoms with van der Waals surface area (Å²) >= 11 is 0. The minimum Gasteiger partial charge on any atom is -0.244 e. The Labute approximate surface area is 71.4 Å². The van der Waals surface area contributed by atoms with Gasteiger partial charge in [0.1, 0.15) is 11.8 Å². The molecular formula is C6H3N7. The van der Waals surface area contributed by atoms with E-state index in [1.54, 1.807) is 12.4 Å². The van der Waals surface area contributed by atoms with E-state index >= 15 is 0 Å². The number of fused-ring (bicyclic) bond motifs is 3. The van der Waals surface area contributed by atoms with Crippen LogP contribution < -0.4 is 0 Å². The van der Waals surface area contributed by atoms with Crippen LogP contribution in [0.25, 0.3) is 16.6 Å². The van der Waals surface area contributed by atoms with E-state index in [2.05, 4.69) is 30.6 Å². The van der Waals surface area contributed by atoms with Crippen LogP contribution in [0.3, 0.4) is 0 Å². The summed E-state index contributed by atoms with van der Waals surface area (Å²) in [5.41, 5.74) is 1.25. The molecule has 0 unspecified atom stereocenters. The molecule has 0 radical (unpaired) electrons. The molecule has 3 heterocycles. The number of hydrogen-bond donors (Lipinski definition) is 0. The summed E-state index contributed by atoms with van der Waals surface area (Å²) in [7, 11) is 0. The van der Waals surface area contributed by atoms with Crippen LogP contribution in [0.5, 0.6) is 0 Å². The van der Waals surface area contributed by atoms with Gasteiger partial charge in [0.2, 0.25) is 5.65 Å². The van der Waals surface area contributed by atoms with Crippen molar-refractivity contribution in [1.29, 1.82) is 0 Å². The highest BCUT2D eigenvalue weighted by Gasteiger charge is 2.04. The van der Waals surface area contributed by atoms with E-state index in [9.17, 15) is 0 Å². The topological polar surface area (TPSA) is 81.8 Å². The molecule has 0 aliphatic heterocycles. The third-order valence-electron chi connectivity index (χ3n) is 1.71. The lowest BCUT2D eigenvalue weighted by molar-refractivity contribution is 0.735. The fraction of sp³-hybridized carbons (Fsp3) is 0. The number of nitrogens with zero attached hydrogens (tertiary/aromatic N) is 7. The van der Waals surface area contributed by atoms with Crippen LogP contribution in [-0.2, 0) is 0 Å². The second-order valence-corrected chi connectivity index (χ2v) is 2.46. The molecule has 0 aromatic carbocycles. The first-order valence-corrected chi connectivity index (χ1v) is 3.58. The molecule has 3 aromatic heterocycles. The first-order chi connectivity index (χ1) is 6.45. The normalized spacial score (nSPS) is 11.1. The predicted molar refractivity (Wildman–Crippen MR) is 41.7 cm³/mol. The van der Waals surface area contributed by atoms with Crippen molar-refractivity contribution in [2.24, 2.45) is 0 Å². The van der Waals surface area contributed by atoms with Crippen LogP contribution in [-0.4, -0.2) is 35.2 Å². The Bertz CT molecular complexity index is 571. The van der Waals surface area contributed by atoms with Gasteiger partial charge in [0.25, 0.3) is 0 Å². The van der Waals surface area contributed by atoms with Crippen LogP contribution in [0, 0.1) is 0 Å². The van der Waals surface area contributed by atoms with Gasteiger partial charge in [-0.15, -0.1) is 9.73 Å². The van der Waals surface area contributed by atoms with Gasteiger partial charge in [0.15, 0.2) is 0 Å².